The quantitative estimate of drug-likeness (QED) is 0.261. The summed E-state index contributed by atoms with van der Waals surface area (Å²) >= 11 is 0. The lowest BCUT2D eigenvalue weighted by atomic mass is 9.46. The van der Waals surface area contributed by atoms with Gasteiger partial charge in [0.15, 0.2) is 0 Å². The first-order chi connectivity index (χ1) is 18.0. The van der Waals surface area contributed by atoms with Crippen LogP contribution in [0, 0.1) is 64.1 Å². The van der Waals surface area contributed by atoms with E-state index >= 15 is 0 Å². The lowest BCUT2D eigenvalue weighted by Crippen LogP contribution is -2.51. The van der Waals surface area contributed by atoms with E-state index in [0.717, 1.165) is 65.5 Å². The minimum absolute atomic E-state index is 0. The molecule has 0 aromatic rings. The molecule has 0 aromatic heterocycles. The molecule has 0 bridgehead atoms. The van der Waals surface area contributed by atoms with Crippen molar-refractivity contribution in [1.82, 2.24) is 10.2 Å². The maximum atomic E-state index is 4.10. The second kappa shape index (κ2) is 13.2. The molecule has 11 atom stereocenters. The molecule has 2 heteroatoms. The normalized spacial score (nSPS) is 40.2. The van der Waals surface area contributed by atoms with Gasteiger partial charge in [0, 0.05) is 12.2 Å². The Hall–Kier alpha value is -0.500. The Bertz CT molecular complexity index is 788. The SMILES string of the molecule is C.C=C(C)N[C@H](C)N(CC)C[C@H](C)[C@H]1CC[C@H]2C3CCC4C[C@](C[C@@H](C)CC)(C(C)C)CC[C@@H]4[C@H]3CC[C@]12C. The van der Waals surface area contributed by atoms with Gasteiger partial charge in [-0.2, -0.15) is 0 Å². The van der Waals surface area contributed by atoms with E-state index in [1.165, 1.54) is 51.5 Å². The Morgan fingerprint density at radius 2 is 1.62 bits per heavy atom. The Balaban J connectivity index is 0.00000420. The second-order valence-corrected chi connectivity index (χ2v) is 15.8. The largest absolute Gasteiger partial charge is 0.374 e. The van der Waals surface area contributed by atoms with Gasteiger partial charge < -0.3 is 5.32 Å². The zero-order chi connectivity index (χ0) is 27.8. The first-order valence-corrected chi connectivity index (χ1v) is 17.1. The van der Waals surface area contributed by atoms with Crippen molar-refractivity contribution in [1.29, 1.82) is 0 Å². The van der Waals surface area contributed by atoms with E-state index in [2.05, 4.69) is 79.1 Å². The minimum Gasteiger partial charge on any atom is -0.374 e. The van der Waals surface area contributed by atoms with Crippen molar-refractivity contribution >= 4 is 0 Å². The lowest BCUT2D eigenvalue weighted by molar-refractivity contribution is -0.0954. The minimum atomic E-state index is 0. The van der Waals surface area contributed by atoms with Gasteiger partial charge in [0.1, 0.15) is 0 Å². The average Bonchev–Trinajstić information content (AvgIpc) is 3.23. The number of nitrogens with zero attached hydrogens (tertiary/aromatic N) is 1. The molecule has 4 fully saturated rings. The number of fused-ring (bicyclic) bond motifs is 5. The number of rotatable bonds is 11. The fourth-order valence-corrected chi connectivity index (χ4v) is 11.3. The summed E-state index contributed by atoms with van der Waals surface area (Å²) in [5.74, 6) is 8.54. The van der Waals surface area contributed by atoms with E-state index in [0.29, 0.717) is 17.0 Å². The molecule has 0 heterocycles. The maximum absolute atomic E-state index is 4.10. The molecule has 2 unspecified atom stereocenters. The molecule has 1 N–H and O–H groups in total. The molecule has 2 nitrogen and oxygen atoms in total. The third-order valence-corrected chi connectivity index (χ3v) is 13.5. The van der Waals surface area contributed by atoms with E-state index in [9.17, 15) is 0 Å². The standard InChI is InChI=1S/C36H66N2.CH4/c1-11-26(7)21-36(24(3)4)20-18-30-29(22-36)13-14-32-31(30)17-19-35(10)33(15-16-34(32)35)27(8)23-38(12-2)28(9)37-25(5)6;/h24,26-34,37H,5,11-23H2,1-4,6-10H3;1H4/t26-,27-,28-,29?,30-,31+,32?,33+,34-,35+,36-;/m0./s1. The van der Waals surface area contributed by atoms with Crippen LogP contribution < -0.4 is 5.32 Å². The lowest BCUT2D eigenvalue weighted by Gasteiger charge is -2.59. The summed E-state index contributed by atoms with van der Waals surface area (Å²) in [6.07, 6.45) is 16.9. The van der Waals surface area contributed by atoms with Crippen molar-refractivity contribution in [3.63, 3.8) is 0 Å². The van der Waals surface area contributed by atoms with Gasteiger partial charge in [0.05, 0.1) is 6.17 Å². The molecule has 39 heavy (non-hydrogen) atoms. The molecule has 0 aliphatic heterocycles. The van der Waals surface area contributed by atoms with Gasteiger partial charge >= 0.3 is 0 Å². The third kappa shape index (κ3) is 6.46. The zero-order valence-electron chi connectivity index (χ0n) is 27.1. The van der Waals surface area contributed by atoms with Crippen LogP contribution >= 0.6 is 0 Å². The van der Waals surface area contributed by atoms with Crippen LogP contribution in [0.25, 0.3) is 0 Å². The summed E-state index contributed by atoms with van der Waals surface area (Å²) in [6, 6.07) is 0. The summed E-state index contributed by atoms with van der Waals surface area (Å²) in [5.41, 5.74) is 2.28. The van der Waals surface area contributed by atoms with Crippen LogP contribution in [0.15, 0.2) is 12.3 Å². The van der Waals surface area contributed by atoms with Gasteiger partial charge in [-0.1, -0.05) is 68.9 Å². The van der Waals surface area contributed by atoms with Gasteiger partial charge in [0.2, 0.25) is 0 Å². The van der Waals surface area contributed by atoms with E-state index in [-0.39, 0.29) is 7.43 Å². The Morgan fingerprint density at radius 1 is 0.923 bits per heavy atom. The summed E-state index contributed by atoms with van der Waals surface area (Å²) < 4.78 is 0. The first kappa shape index (κ1) is 33.0. The highest BCUT2D eigenvalue weighted by Crippen LogP contribution is 2.67. The molecule has 0 aromatic carbocycles. The molecule has 4 rings (SSSR count). The fourth-order valence-electron chi connectivity index (χ4n) is 11.3. The number of allylic oxidation sites excluding steroid dienone is 1. The smallest absolute Gasteiger partial charge is 0.0761 e. The highest BCUT2D eigenvalue weighted by Gasteiger charge is 2.58. The van der Waals surface area contributed by atoms with Crippen LogP contribution in [0.5, 0.6) is 0 Å². The highest BCUT2D eigenvalue weighted by atomic mass is 15.3. The van der Waals surface area contributed by atoms with Crippen molar-refractivity contribution in [3.05, 3.63) is 12.3 Å². The van der Waals surface area contributed by atoms with Gasteiger partial charge in [-0.15, -0.1) is 0 Å². The Kier molecular flexibility index (Phi) is 11.2. The Labute approximate surface area is 245 Å². The second-order valence-electron chi connectivity index (χ2n) is 15.8. The van der Waals surface area contributed by atoms with Crippen molar-refractivity contribution < 1.29 is 0 Å². The molecule has 0 radical (unpaired) electrons. The van der Waals surface area contributed by atoms with E-state index < -0.39 is 0 Å². The van der Waals surface area contributed by atoms with Crippen LogP contribution in [0.1, 0.15) is 140 Å². The molecular formula is C37H70N2. The van der Waals surface area contributed by atoms with Crippen LogP contribution in [-0.2, 0) is 0 Å². The van der Waals surface area contributed by atoms with Crippen LogP contribution in [0.4, 0.5) is 0 Å². The number of hydrogen-bond acceptors (Lipinski definition) is 2. The molecule has 228 valence electrons. The predicted octanol–water partition coefficient (Wildman–Crippen LogP) is 10.4. The number of nitrogens with one attached hydrogen (secondary N) is 1. The topological polar surface area (TPSA) is 15.3 Å². The summed E-state index contributed by atoms with van der Waals surface area (Å²) in [4.78, 5) is 2.65. The molecule has 4 saturated carbocycles. The third-order valence-electron chi connectivity index (χ3n) is 13.5. The van der Waals surface area contributed by atoms with Crippen LogP contribution in [-0.4, -0.2) is 24.2 Å². The Morgan fingerprint density at radius 3 is 2.23 bits per heavy atom. The number of hydrogen-bond donors (Lipinski definition) is 1. The molecule has 0 amide bonds. The molecular weight excluding hydrogens is 472 g/mol. The van der Waals surface area contributed by atoms with Crippen molar-refractivity contribution in [2.24, 2.45) is 64.1 Å². The van der Waals surface area contributed by atoms with Crippen molar-refractivity contribution in [3.8, 4) is 0 Å². The van der Waals surface area contributed by atoms with E-state index in [4.69, 9.17) is 0 Å². The summed E-state index contributed by atoms with van der Waals surface area (Å²) in [6.45, 7) is 28.5. The zero-order valence-corrected chi connectivity index (χ0v) is 27.1. The molecule has 0 saturated heterocycles. The van der Waals surface area contributed by atoms with Gasteiger partial charge in [-0.05, 0) is 149 Å². The molecule has 4 aliphatic rings. The van der Waals surface area contributed by atoms with Crippen molar-refractivity contribution in [2.75, 3.05) is 13.1 Å². The van der Waals surface area contributed by atoms with Crippen LogP contribution in [0.2, 0.25) is 0 Å². The van der Waals surface area contributed by atoms with Gasteiger partial charge in [-0.25, -0.2) is 0 Å². The monoisotopic (exact) mass is 543 g/mol. The van der Waals surface area contributed by atoms with Crippen molar-refractivity contribution in [2.45, 2.75) is 147 Å². The van der Waals surface area contributed by atoms with Crippen LogP contribution in [0.3, 0.4) is 0 Å². The van der Waals surface area contributed by atoms with E-state index in [1.807, 2.05) is 0 Å². The van der Waals surface area contributed by atoms with Gasteiger partial charge in [0.25, 0.3) is 0 Å². The molecule has 4 aliphatic carbocycles. The first-order valence-electron chi connectivity index (χ1n) is 17.1. The van der Waals surface area contributed by atoms with Gasteiger partial charge in [-0.3, -0.25) is 4.90 Å². The van der Waals surface area contributed by atoms with E-state index in [1.54, 1.807) is 25.7 Å². The molecule has 0 spiro atoms. The maximum Gasteiger partial charge on any atom is 0.0761 e. The average molecular weight is 543 g/mol. The predicted molar refractivity (Wildman–Crippen MR) is 172 cm³/mol. The highest BCUT2D eigenvalue weighted by molar-refractivity contribution is 5.08. The fraction of sp³-hybridized carbons (Fsp3) is 0.946. The summed E-state index contributed by atoms with van der Waals surface area (Å²) in [5, 5.41) is 3.58. The summed E-state index contributed by atoms with van der Waals surface area (Å²) in [7, 11) is 0.